The lowest BCUT2D eigenvalue weighted by Crippen LogP contribution is -2.49. The van der Waals surface area contributed by atoms with Crippen molar-refractivity contribution < 1.29 is 17.9 Å². The van der Waals surface area contributed by atoms with E-state index in [0.29, 0.717) is 17.6 Å². The van der Waals surface area contributed by atoms with Gasteiger partial charge < -0.3 is 25.4 Å². The summed E-state index contributed by atoms with van der Waals surface area (Å²) in [6.07, 6.45) is 7.79. The second kappa shape index (κ2) is 11.0. The Bertz CT molecular complexity index is 1540. The van der Waals surface area contributed by atoms with Crippen LogP contribution in [0.5, 0.6) is 5.75 Å². The first-order chi connectivity index (χ1) is 19.6. The predicted octanol–water partition coefficient (Wildman–Crippen LogP) is 4.62. The average Bonchev–Trinajstić information content (AvgIpc) is 3.66. The third-order valence-electron chi connectivity index (χ3n) is 7.78. The number of nitrogens with one attached hydrogen (secondary N) is 3. The smallest absolute Gasteiger partial charge is 0.229 e. The van der Waals surface area contributed by atoms with E-state index < -0.39 is 15.1 Å². The van der Waals surface area contributed by atoms with E-state index in [0.717, 1.165) is 50.2 Å². The van der Waals surface area contributed by atoms with Crippen molar-refractivity contribution in [2.45, 2.75) is 81.0 Å². The standard InChI is InChI=1S/C28H36ClN7O4S/c1-15(2)41(37,38)27-24(14-36(4)35-27)32-26-22(29)13-31-28(34-26)33-23-7-16(3)21(10-25(23)40-18-5-6-18)17-8-19-11-30-12-20(9-17)39-19/h7,10,13-15,17-20,30H,5-6,8-9,11-12H2,1-4H3,(H2,31,32,33,34). The van der Waals surface area contributed by atoms with Gasteiger partial charge in [0.15, 0.2) is 5.82 Å². The van der Waals surface area contributed by atoms with Gasteiger partial charge in [-0.2, -0.15) is 10.1 Å². The van der Waals surface area contributed by atoms with E-state index >= 15 is 0 Å². The van der Waals surface area contributed by atoms with Crippen molar-refractivity contribution in [1.29, 1.82) is 0 Å². The number of sulfone groups is 1. The molecule has 2 bridgehead atoms. The molecule has 4 heterocycles. The van der Waals surface area contributed by atoms with Gasteiger partial charge in [0.05, 0.1) is 41.1 Å². The molecule has 11 nitrogen and oxygen atoms in total. The maximum absolute atomic E-state index is 12.9. The maximum atomic E-state index is 12.9. The van der Waals surface area contributed by atoms with Gasteiger partial charge in [0.25, 0.3) is 0 Å². The van der Waals surface area contributed by atoms with E-state index in [1.165, 1.54) is 22.0 Å². The highest BCUT2D eigenvalue weighted by molar-refractivity contribution is 7.92. The first kappa shape index (κ1) is 28.2. The lowest BCUT2D eigenvalue weighted by atomic mass is 9.82. The lowest BCUT2D eigenvalue weighted by Gasteiger charge is -2.40. The van der Waals surface area contributed by atoms with Gasteiger partial charge in [-0.3, -0.25) is 4.68 Å². The minimum Gasteiger partial charge on any atom is -0.488 e. The van der Waals surface area contributed by atoms with Crippen LogP contribution >= 0.6 is 11.6 Å². The molecule has 0 spiro atoms. The van der Waals surface area contributed by atoms with Crippen LogP contribution in [0, 0.1) is 6.92 Å². The zero-order chi connectivity index (χ0) is 28.9. The van der Waals surface area contributed by atoms with Gasteiger partial charge in [0, 0.05) is 26.3 Å². The van der Waals surface area contributed by atoms with Crippen molar-refractivity contribution in [3.8, 4) is 5.75 Å². The maximum Gasteiger partial charge on any atom is 0.229 e. The summed E-state index contributed by atoms with van der Waals surface area (Å²) in [6.45, 7) is 7.15. The minimum atomic E-state index is -3.64. The summed E-state index contributed by atoms with van der Waals surface area (Å²) in [6, 6.07) is 4.26. The van der Waals surface area contributed by atoms with Gasteiger partial charge in [0.1, 0.15) is 10.8 Å². The molecule has 2 saturated heterocycles. The van der Waals surface area contributed by atoms with Crippen molar-refractivity contribution in [3.63, 3.8) is 0 Å². The predicted molar refractivity (Wildman–Crippen MR) is 157 cm³/mol. The molecule has 1 aromatic carbocycles. The monoisotopic (exact) mass is 601 g/mol. The summed E-state index contributed by atoms with van der Waals surface area (Å²) in [5.41, 5.74) is 3.52. The first-order valence-corrected chi connectivity index (χ1v) is 16.0. The van der Waals surface area contributed by atoms with E-state index in [9.17, 15) is 8.42 Å². The number of hydrogen-bond donors (Lipinski definition) is 3. The highest BCUT2D eigenvalue weighted by atomic mass is 35.5. The first-order valence-electron chi connectivity index (χ1n) is 14.1. The molecule has 220 valence electrons. The zero-order valence-corrected chi connectivity index (χ0v) is 25.2. The van der Waals surface area contributed by atoms with Crippen molar-refractivity contribution in [2.24, 2.45) is 7.05 Å². The van der Waals surface area contributed by atoms with Crippen LogP contribution in [0.4, 0.5) is 23.1 Å². The number of nitrogens with zero attached hydrogens (tertiary/aromatic N) is 4. The van der Waals surface area contributed by atoms with Crippen LogP contribution in [0.15, 0.2) is 29.6 Å². The number of halogens is 1. The minimum absolute atomic E-state index is 0.0569. The van der Waals surface area contributed by atoms with Gasteiger partial charge >= 0.3 is 0 Å². The third kappa shape index (κ3) is 6.01. The summed E-state index contributed by atoms with van der Waals surface area (Å²) < 4.78 is 39.7. The van der Waals surface area contributed by atoms with Gasteiger partial charge in [-0.25, -0.2) is 13.4 Å². The third-order valence-corrected chi connectivity index (χ3v) is 10.1. The van der Waals surface area contributed by atoms with Gasteiger partial charge in [-0.1, -0.05) is 11.6 Å². The van der Waals surface area contributed by atoms with Crippen molar-refractivity contribution in [3.05, 3.63) is 40.7 Å². The molecule has 1 aliphatic carbocycles. The van der Waals surface area contributed by atoms with E-state index in [4.69, 9.17) is 21.1 Å². The Morgan fingerprint density at radius 1 is 1.15 bits per heavy atom. The van der Waals surface area contributed by atoms with E-state index in [1.807, 2.05) is 0 Å². The Kier molecular flexibility index (Phi) is 7.60. The Morgan fingerprint density at radius 2 is 1.88 bits per heavy atom. The molecular formula is C28H36ClN7O4S. The number of ether oxygens (including phenoxy) is 2. The number of benzene rings is 1. The molecule has 2 aliphatic heterocycles. The molecule has 1 saturated carbocycles. The van der Waals surface area contributed by atoms with Gasteiger partial charge in [-0.15, -0.1) is 0 Å². The molecule has 6 rings (SSSR count). The highest BCUT2D eigenvalue weighted by Gasteiger charge is 2.35. The Labute approximate surface area is 245 Å². The number of aromatic nitrogens is 4. The number of fused-ring (bicyclic) bond motifs is 2. The normalized spacial score (nSPS) is 22.5. The number of anilines is 4. The second-order valence-electron chi connectivity index (χ2n) is 11.5. The van der Waals surface area contributed by atoms with Crippen LogP contribution in [-0.2, 0) is 21.6 Å². The van der Waals surface area contributed by atoms with Crippen LogP contribution in [0.1, 0.15) is 56.6 Å². The van der Waals surface area contributed by atoms with E-state index in [1.54, 1.807) is 27.1 Å². The molecular weight excluding hydrogens is 566 g/mol. The van der Waals surface area contributed by atoms with E-state index in [-0.39, 0.29) is 34.2 Å². The number of aryl methyl sites for hydroxylation is 2. The Hall–Kier alpha value is -2.93. The van der Waals surface area contributed by atoms with Crippen molar-refractivity contribution in [1.82, 2.24) is 25.1 Å². The van der Waals surface area contributed by atoms with Crippen molar-refractivity contribution >= 4 is 44.6 Å². The van der Waals surface area contributed by atoms with Gasteiger partial charge in [-0.05, 0) is 75.6 Å². The quantitative estimate of drug-likeness (QED) is 0.319. The zero-order valence-electron chi connectivity index (χ0n) is 23.6. The van der Waals surface area contributed by atoms with Crippen LogP contribution in [0.2, 0.25) is 5.02 Å². The fourth-order valence-corrected chi connectivity index (χ4v) is 6.73. The summed E-state index contributed by atoms with van der Waals surface area (Å²) in [5.74, 6) is 1.74. The fraction of sp³-hybridized carbons (Fsp3) is 0.536. The number of rotatable bonds is 9. The Morgan fingerprint density at radius 3 is 2.56 bits per heavy atom. The summed E-state index contributed by atoms with van der Waals surface area (Å²) in [4.78, 5) is 8.96. The van der Waals surface area contributed by atoms with E-state index in [2.05, 4.69) is 50.1 Å². The molecule has 41 heavy (non-hydrogen) atoms. The molecule has 0 amide bonds. The van der Waals surface area contributed by atoms with Gasteiger partial charge in [0.2, 0.25) is 20.8 Å². The highest BCUT2D eigenvalue weighted by Crippen LogP contribution is 2.42. The lowest BCUT2D eigenvalue weighted by molar-refractivity contribution is -0.0781. The average molecular weight is 602 g/mol. The Balaban J connectivity index is 1.28. The summed E-state index contributed by atoms with van der Waals surface area (Å²) >= 11 is 6.43. The second-order valence-corrected chi connectivity index (χ2v) is 14.3. The SMILES string of the molecule is Cc1cc(Nc2ncc(Cl)c(Nc3cn(C)nc3S(=O)(=O)C(C)C)n2)c(OC2CC2)cc1C1CC2CNCC(C1)O2. The molecule has 3 aromatic rings. The number of morpholine rings is 1. The van der Waals surface area contributed by atoms with Crippen LogP contribution in [-0.4, -0.2) is 64.8 Å². The molecule has 2 unspecified atom stereocenters. The molecule has 3 N–H and O–H groups in total. The van der Waals surface area contributed by atoms with Crippen molar-refractivity contribution in [2.75, 3.05) is 23.7 Å². The largest absolute Gasteiger partial charge is 0.488 e. The van der Waals surface area contributed by atoms with Crippen LogP contribution in [0.25, 0.3) is 0 Å². The number of hydrogen-bond acceptors (Lipinski definition) is 10. The molecule has 13 heteroatoms. The molecule has 3 aliphatic rings. The molecule has 0 radical (unpaired) electrons. The fourth-order valence-electron chi connectivity index (χ4n) is 5.49. The molecule has 2 atom stereocenters. The molecule has 2 aromatic heterocycles. The molecule has 3 fully saturated rings. The summed E-state index contributed by atoms with van der Waals surface area (Å²) in [7, 11) is -1.97. The van der Waals surface area contributed by atoms with Crippen LogP contribution < -0.4 is 20.7 Å². The topological polar surface area (TPSA) is 132 Å². The summed E-state index contributed by atoms with van der Waals surface area (Å²) in [5, 5.41) is 13.6. The van der Waals surface area contributed by atoms with Crippen LogP contribution in [0.3, 0.4) is 0 Å².